The molecule has 2 N–H and O–H groups in total. The number of para-hydroxylation sites is 1. The topological polar surface area (TPSA) is 91.3 Å². The first-order valence-electron chi connectivity index (χ1n) is 4.79. The normalized spacial score (nSPS) is 9.88. The number of nitro groups is 1. The minimum absolute atomic E-state index is 0.0661. The Bertz CT molecular complexity index is 543. The third-order valence-electron chi connectivity index (χ3n) is 2.07. The van der Waals surface area contributed by atoms with Gasteiger partial charge in [0, 0.05) is 6.20 Å². The Balaban J connectivity index is 2.40. The maximum atomic E-state index is 10.9. The van der Waals surface area contributed by atoms with Crippen molar-refractivity contribution < 1.29 is 9.66 Å². The fourth-order valence-electron chi connectivity index (χ4n) is 1.35. The van der Waals surface area contributed by atoms with E-state index in [1.54, 1.807) is 24.4 Å². The van der Waals surface area contributed by atoms with Crippen molar-refractivity contribution in [3.05, 3.63) is 52.8 Å². The second-order valence-corrected chi connectivity index (χ2v) is 3.24. The van der Waals surface area contributed by atoms with Crippen molar-refractivity contribution >= 4 is 11.4 Å². The van der Waals surface area contributed by atoms with Crippen LogP contribution in [0.4, 0.5) is 11.4 Å². The summed E-state index contributed by atoms with van der Waals surface area (Å²) in [5.41, 5.74) is 5.37. The van der Waals surface area contributed by atoms with Gasteiger partial charge < -0.3 is 10.5 Å². The standard InChI is InChI=1S/C11H9N3O3/c12-9-4-1-5-10(11(9)14(15)16)17-8-3-2-6-13-7-8/h1-7H,12H2. The van der Waals surface area contributed by atoms with Gasteiger partial charge in [-0.15, -0.1) is 0 Å². The van der Waals surface area contributed by atoms with Gasteiger partial charge in [0.25, 0.3) is 0 Å². The fourth-order valence-corrected chi connectivity index (χ4v) is 1.35. The molecule has 1 heterocycles. The van der Waals surface area contributed by atoms with E-state index in [0.717, 1.165) is 0 Å². The molecule has 0 spiro atoms. The predicted octanol–water partition coefficient (Wildman–Crippen LogP) is 2.36. The zero-order chi connectivity index (χ0) is 12.3. The lowest BCUT2D eigenvalue weighted by atomic mass is 10.2. The molecular formula is C11H9N3O3. The fraction of sp³-hybridized carbons (Fsp3) is 0. The molecule has 0 saturated heterocycles. The zero-order valence-corrected chi connectivity index (χ0v) is 8.74. The van der Waals surface area contributed by atoms with Gasteiger partial charge in [0.15, 0.2) is 0 Å². The molecule has 0 radical (unpaired) electrons. The summed E-state index contributed by atoms with van der Waals surface area (Å²) in [5, 5.41) is 10.9. The Morgan fingerprint density at radius 2 is 2.12 bits per heavy atom. The van der Waals surface area contributed by atoms with Gasteiger partial charge >= 0.3 is 5.69 Å². The summed E-state index contributed by atoms with van der Waals surface area (Å²) in [7, 11) is 0. The van der Waals surface area contributed by atoms with Crippen LogP contribution in [-0.2, 0) is 0 Å². The third-order valence-corrected chi connectivity index (χ3v) is 2.07. The molecule has 2 aromatic rings. The number of pyridine rings is 1. The van der Waals surface area contributed by atoms with Crippen LogP contribution in [0.15, 0.2) is 42.7 Å². The number of hydrogen-bond donors (Lipinski definition) is 1. The number of aromatic nitrogens is 1. The molecule has 86 valence electrons. The molecule has 2 rings (SSSR count). The average Bonchev–Trinajstić information content (AvgIpc) is 2.30. The van der Waals surface area contributed by atoms with Crippen LogP contribution < -0.4 is 10.5 Å². The van der Waals surface area contributed by atoms with Crippen LogP contribution in [-0.4, -0.2) is 9.91 Å². The molecule has 0 aliphatic rings. The lowest BCUT2D eigenvalue weighted by molar-refractivity contribution is -0.384. The van der Waals surface area contributed by atoms with Crippen molar-refractivity contribution in [3.63, 3.8) is 0 Å². The molecule has 0 aliphatic carbocycles. The van der Waals surface area contributed by atoms with Gasteiger partial charge in [0.2, 0.25) is 5.75 Å². The van der Waals surface area contributed by atoms with E-state index in [-0.39, 0.29) is 17.1 Å². The number of ether oxygens (including phenoxy) is 1. The summed E-state index contributed by atoms with van der Waals surface area (Å²) >= 11 is 0. The van der Waals surface area contributed by atoms with E-state index in [4.69, 9.17) is 10.5 Å². The van der Waals surface area contributed by atoms with Crippen LogP contribution in [0.3, 0.4) is 0 Å². The second kappa shape index (κ2) is 4.48. The van der Waals surface area contributed by atoms with Crippen LogP contribution in [0, 0.1) is 10.1 Å². The van der Waals surface area contributed by atoms with E-state index in [1.807, 2.05) is 0 Å². The highest BCUT2D eigenvalue weighted by Gasteiger charge is 2.19. The Hall–Kier alpha value is -2.63. The minimum atomic E-state index is -0.568. The van der Waals surface area contributed by atoms with Crippen molar-refractivity contribution in [1.82, 2.24) is 4.98 Å². The molecule has 0 amide bonds. The molecular weight excluding hydrogens is 222 g/mol. The molecule has 1 aromatic carbocycles. The molecule has 0 bridgehead atoms. The third kappa shape index (κ3) is 2.31. The van der Waals surface area contributed by atoms with Crippen LogP contribution in [0.25, 0.3) is 0 Å². The van der Waals surface area contributed by atoms with E-state index in [1.165, 1.54) is 18.3 Å². The summed E-state index contributed by atoms with van der Waals surface area (Å²) < 4.78 is 5.37. The van der Waals surface area contributed by atoms with Crippen LogP contribution >= 0.6 is 0 Å². The van der Waals surface area contributed by atoms with Crippen molar-refractivity contribution in [2.24, 2.45) is 0 Å². The molecule has 0 saturated carbocycles. The molecule has 0 fully saturated rings. The number of hydrogen-bond acceptors (Lipinski definition) is 5. The van der Waals surface area contributed by atoms with Gasteiger partial charge in [0.1, 0.15) is 11.4 Å². The first-order valence-corrected chi connectivity index (χ1v) is 4.79. The average molecular weight is 231 g/mol. The number of nitrogen functional groups attached to an aromatic ring is 1. The number of rotatable bonds is 3. The number of anilines is 1. The van der Waals surface area contributed by atoms with Crippen LogP contribution in [0.5, 0.6) is 11.5 Å². The van der Waals surface area contributed by atoms with Gasteiger partial charge in [-0.25, -0.2) is 0 Å². The number of benzene rings is 1. The maximum absolute atomic E-state index is 10.9. The van der Waals surface area contributed by atoms with E-state index in [0.29, 0.717) is 5.75 Å². The Morgan fingerprint density at radius 1 is 1.29 bits per heavy atom. The van der Waals surface area contributed by atoms with Crippen LogP contribution in [0.1, 0.15) is 0 Å². The summed E-state index contributed by atoms with van der Waals surface area (Å²) in [5.74, 6) is 0.518. The number of nitro benzene ring substituents is 1. The lowest BCUT2D eigenvalue weighted by Gasteiger charge is -2.06. The molecule has 17 heavy (non-hydrogen) atoms. The van der Waals surface area contributed by atoms with E-state index >= 15 is 0 Å². The van der Waals surface area contributed by atoms with Gasteiger partial charge in [-0.1, -0.05) is 6.07 Å². The Labute approximate surface area is 96.8 Å². The SMILES string of the molecule is Nc1cccc(Oc2cccnc2)c1[N+](=O)[O-]. The van der Waals surface area contributed by atoms with Crippen LogP contribution in [0.2, 0.25) is 0 Å². The lowest BCUT2D eigenvalue weighted by Crippen LogP contribution is -1.98. The van der Waals surface area contributed by atoms with Gasteiger partial charge in [0.05, 0.1) is 11.1 Å². The van der Waals surface area contributed by atoms with E-state index < -0.39 is 4.92 Å². The van der Waals surface area contributed by atoms with E-state index in [2.05, 4.69) is 4.98 Å². The molecule has 0 atom stereocenters. The van der Waals surface area contributed by atoms with Crippen molar-refractivity contribution in [3.8, 4) is 11.5 Å². The summed E-state index contributed by atoms with van der Waals surface area (Å²) in [6.07, 6.45) is 3.05. The highest BCUT2D eigenvalue weighted by Crippen LogP contribution is 2.35. The number of nitrogens with two attached hydrogens (primary N) is 1. The molecule has 1 aromatic heterocycles. The van der Waals surface area contributed by atoms with Gasteiger partial charge in [-0.3, -0.25) is 15.1 Å². The Kier molecular flexibility index (Phi) is 2.87. The molecule has 0 aliphatic heterocycles. The summed E-state index contributed by atoms with van der Waals surface area (Å²) in [6.45, 7) is 0. The molecule has 0 unspecified atom stereocenters. The van der Waals surface area contributed by atoms with Gasteiger partial charge in [-0.2, -0.15) is 0 Å². The first-order chi connectivity index (χ1) is 8.18. The quantitative estimate of drug-likeness (QED) is 0.497. The first kappa shape index (κ1) is 10.9. The summed E-state index contributed by atoms with van der Waals surface area (Å²) in [6, 6.07) is 7.86. The summed E-state index contributed by atoms with van der Waals surface area (Å²) in [4.78, 5) is 14.1. The van der Waals surface area contributed by atoms with E-state index in [9.17, 15) is 10.1 Å². The van der Waals surface area contributed by atoms with Crippen molar-refractivity contribution in [2.75, 3.05) is 5.73 Å². The molecule has 6 nitrogen and oxygen atoms in total. The largest absolute Gasteiger partial charge is 0.448 e. The maximum Gasteiger partial charge on any atom is 0.334 e. The second-order valence-electron chi connectivity index (χ2n) is 3.24. The smallest absolute Gasteiger partial charge is 0.334 e. The minimum Gasteiger partial charge on any atom is -0.448 e. The zero-order valence-electron chi connectivity index (χ0n) is 8.74. The highest BCUT2D eigenvalue weighted by molar-refractivity contribution is 5.66. The molecule has 6 heteroatoms. The van der Waals surface area contributed by atoms with Crippen molar-refractivity contribution in [1.29, 1.82) is 0 Å². The highest BCUT2D eigenvalue weighted by atomic mass is 16.6. The monoisotopic (exact) mass is 231 g/mol. The predicted molar refractivity (Wildman–Crippen MR) is 61.8 cm³/mol. The Morgan fingerprint density at radius 3 is 2.76 bits per heavy atom. The van der Waals surface area contributed by atoms with Gasteiger partial charge in [-0.05, 0) is 24.3 Å². The van der Waals surface area contributed by atoms with Crippen molar-refractivity contribution in [2.45, 2.75) is 0 Å². The number of nitrogens with zero attached hydrogens (tertiary/aromatic N) is 2.